The molecule has 2 heterocycles. The molecule has 1 aromatic rings. The van der Waals surface area contributed by atoms with Gasteiger partial charge in [0.1, 0.15) is 0 Å². The number of likely N-dealkylation sites (N-methyl/N-ethyl adjacent to an activating group) is 1. The smallest absolute Gasteiger partial charge is 0.264 e. The Kier molecular flexibility index (Phi) is 3.43. The maximum atomic E-state index is 12.0. The molecule has 0 spiro atoms. The highest BCUT2D eigenvalue weighted by Gasteiger charge is 2.25. The van der Waals surface area contributed by atoms with E-state index in [0.717, 1.165) is 21.7 Å². The third-order valence-corrected chi connectivity index (χ3v) is 4.17. The first-order valence-corrected chi connectivity index (χ1v) is 6.39. The van der Waals surface area contributed by atoms with Gasteiger partial charge in [0, 0.05) is 13.7 Å². The quantitative estimate of drug-likeness (QED) is 0.837. The summed E-state index contributed by atoms with van der Waals surface area (Å²) in [5, 5.41) is 0. The zero-order valence-electron chi connectivity index (χ0n) is 8.40. The Bertz CT molecular complexity index is 360. The van der Waals surface area contributed by atoms with E-state index in [1.165, 1.54) is 11.3 Å². The second-order valence-corrected chi connectivity index (χ2v) is 6.00. The molecule has 1 saturated heterocycles. The standard InChI is InChI=1S/C10H12BrNO2S/c1-12(7-4-5-14-6-7)10(13)8-2-3-9(11)15-8/h2-3,7H,4-6H2,1H3. The number of hydrogen-bond acceptors (Lipinski definition) is 3. The lowest BCUT2D eigenvalue weighted by atomic mass is 10.2. The fourth-order valence-electron chi connectivity index (χ4n) is 1.60. The summed E-state index contributed by atoms with van der Waals surface area (Å²) < 4.78 is 6.26. The van der Waals surface area contributed by atoms with Crippen LogP contribution in [0.5, 0.6) is 0 Å². The minimum absolute atomic E-state index is 0.0844. The van der Waals surface area contributed by atoms with Crippen molar-refractivity contribution in [2.24, 2.45) is 0 Å². The van der Waals surface area contributed by atoms with E-state index in [0.29, 0.717) is 6.61 Å². The van der Waals surface area contributed by atoms with Crippen molar-refractivity contribution in [1.82, 2.24) is 4.90 Å². The molecular formula is C10H12BrNO2S. The van der Waals surface area contributed by atoms with E-state index in [1.807, 2.05) is 19.2 Å². The molecule has 1 aromatic heterocycles. The third kappa shape index (κ3) is 2.41. The van der Waals surface area contributed by atoms with Gasteiger partial charge in [-0.25, -0.2) is 0 Å². The lowest BCUT2D eigenvalue weighted by Gasteiger charge is -2.22. The maximum Gasteiger partial charge on any atom is 0.264 e. The number of ether oxygens (including phenoxy) is 1. The van der Waals surface area contributed by atoms with Crippen molar-refractivity contribution in [3.63, 3.8) is 0 Å². The topological polar surface area (TPSA) is 29.5 Å². The summed E-state index contributed by atoms with van der Waals surface area (Å²) >= 11 is 4.82. The molecule has 1 atom stereocenters. The molecule has 2 rings (SSSR count). The van der Waals surface area contributed by atoms with Gasteiger partial charge in [0.15, 0.2) is 0 Å². The summed E-state index contributed by atoms with van der Waals surface area (Å²) in [6.45, 7) is 1.42. The van der Waals surface area contributed by atoms with Gasteiger partial charge in [-0.3, -0.25) is 4.79 Å². The molecule has 3 nitrogen and oxygen atoms in total. The van der Waals surface area contributed by atoms with Gasteiger partial charge in [0.25, 0.3) is 5.91 Å². The number of thiophene rings is 1. The Morgan fingerprint density at radius 2 is 2.47 bits per heavy atom. The van der Waals surface area contributed by atoms with Crippen LogP contribution in [0.1, 0.15) is 16.1 Å². The van der Waals surface area contributed by atoms with Crippen LogP contribution in [-0.4, -0.2) is 37.1 Å². The second-order valence-electron chi connectivity index (χ2n) is 3.54. The minimum atomic E-state index is 0.0844. The van der Waals surface area contributed by atoms with Crippen LogP contribution in [0, 0.1) is 0 Å². The molecule has 0 N–H and O–H groups in total. The molecule has 0 aromatic carbocycles. The van der Waals surface area contributed by atoms with E-state index in [2.05, 4.69) is 15.9 Å². The highest BCUT2D eigenvalue weighted by molar-refractivity contribution is 9.11. The summed E-state index contributed by atoms with van der Waals surface area (Å²) in [6.07, 6.45) is 0.939. The molecule has 1 aliphatic rings. The Labute approximate surface area is 101 Å². The monoisotopic (exact) mass is 289 g/mol. The Hall–Kier alpha value is -0.390. The first-order valence-electron chi connectivity index (χ1n) is 4.78. The van der Waals surface area contributed by atoms with Crippen LogP contribution in [0.25, 0.3) is 0 Å². The van der Waals surface area contributed by atoms with E-state index in [9.17, 15) is 4.79 Å². The van der Waals surface area contributed by atoms with Crippen molar-refractivity contribution >= 4 is 33.2 Å². The third-order valence-electron chi connectivity index (χ3n) is 2.56. The lowest BCUT2D eigenvalue weighted by molar-refractivity contribution is 0.0716. The zero-order valence-corrected chi connectivity index (χ0v) is 10.8. The summed E-state index contributed by atoms with van der Waals surface area (Å²) in [5.41, 5.74) is 0. The van der Waals surface area contributed by atoms with Crippen molar-refractivity contribution in [2.45, 2.75) is 12.5 Å². The Morgan fingerprint density at radius 3 is 3.00 bits per heavy atom. The van der Waals surface area contributed by atoms with Gasteiger partial charge in [0.05, 0.1) is 21.3 Å². The summed E-state index contributed by atoms with van der Waals surface area (Å²) in [7, 11) is 1.84. The fourth-order valence-corrected chi connectivity index (χ4v) is 2.97. The molecule has 1 fully saturated rings. The van der Waals surface area contributed by atoms with Crippen molar-refractivity contribution < 1.29 is 9.53 Å². The molecule has 1 aliphatic heterocycles. The van der Waals surface area contributed by atoms with Crippen molar-refractivity contribution in [1.29, 1.82) is 0 Å². The normalized spacial score (nSPS) is 20.5. The largest absolute Gasteiger partial charge is 0.379 e. The fraction of sp³-hybridized carbons (Fsp3) is 0.500. The molecular weight excluding hydrogens is 278 g/mol. The van der Waals surface area contributed by atoms with Crippen LogP contribution in [0.15, 0.2) is 15.9 Å². The summed E-state index contributed by atoms with van der Waals surface area (Å²) in [4.78, 5) is 14.6. The molecule has 1 unspecified atom stereocenters. The van der Waals surface area contributed by atoms with E-state index in [-0.39, 0.29) is 11.9 Å². The van der Waals surface area contributed by atoms with Gasteiger partial charge in [-0.05, 0) is 34.5 Å². The van der Waals surface area contributed by atoms with Gasteiger partial charge < -0.3 is 9.64 Å². The SMILES string of the molecule is CN(C(=O)c1ccc(Br)s1)C1CCOC1. The highest BCUT2D eigenvalue weighted by atomic mass is 79.9. The molecule has 82 valence electrons. The number of halogens is 1. The van der Waals surface area contributed by atoms with E-state index >= 15 is 0 Å². The number of carbonyl (C=O) groups is 1. The summed E-state index contributed by atoms with van der Waals surface area (Å²) in [6, 6.07) is 3.98. The van der Waals surface area contributed by atoms with Crippen molar-refractivity contribution in [3.05, 3.63) is 20.8 Å². The van der Waals surface area contributed by atoms with Crippen LogP contribution in [0.4, 0.5) is 0 Å². The van der Waals surface area contributed by atoms with E-state index in [4.69, 9.17) is 4.74 Å². The van der Waals surface area contributed by atoms with E-state index in [1.54, 1.807) is 4.90 Å². The van der Waals surface area contributed by atoms with Crippen LogP contribution in [-0.2, 0) is 4.74 Å². The number of carbonyl (C=O) groups excluding carboxylic acids is 1. The van der Waals surface area contributed by atoms with Gasteiger partial charge in [-0.15, -0.1) is 11.3 Å². The molecule has 5 heteroatoms. The first kappa shape index (κ1) is 11.1. The van der Waals surface area contributed by atoms with Gasteiger partial charge >= 0.3 is 0 Å². The average molecular weight is 290 g/mol. The number of hydrogen-bond donors (Lipinski definition) is 0. The highest BCUT2D eigenvalue weighted by Crippen LogP contribution is 2.24. The van der Waals surface area contributed by atoms with Crippen LogP contribution < -0.4 is 0 Å². The van der Waals surface area contributed by atoms with E-state index < -0.39 is 0 Å². The number of rotatable bonds is 2. The predicted molar refractivity (Wildman–Crippen MR) is 63.3 cm³/mol. The molecule has 0 aliphatic carbocycles. The van der Waals surface area contributed by atoms with Gasteiger partial charge in [-0.1, -0.05) is 0 Å². The molecule has 0 radical (unpaired) electrons. The molecule has 15 heavy (non-hydrogen) atoms. The number of nitrogens with zero attached hydrogens (tertiary/aromatic N) is 1. The Balaban J connectivity index is 2.06. The van der Waals surface area contributed by atoms with Crippen molar-refractivity contribution in [3.8, 4) is 0 Å². The van der Waals surface area contributed by atoms with Crippen molar-refractivity contribution in [2.75, 3.05) is 20.3 Å². The van der Waals surface area contributed by atoms with Crippen LogP contribution in [0.3, 0.4) is 0 Å². The van der Waals surface area contributed by atoms with Gasteiger partial charge in [-0.2, -0.15) is 0 Å². The molecule has 0 bridgehead atoms. The predicted octanol–water partition coefficient (Wildman–Crippen LogP) is 2.37. The second kappa shape index (κ2) is 4.63. The summed E-state index contributed by atoms with van der Waals surface area (Å²) in [5.74, 6) is 0.0844. The van der Waals surface area contributed by atoms with Crippen LogP contribution in [0.2, 0.25) is 0 Å². The minimum Gasteiger partial charge on any atom is -0.379 e. The van der Waals surface area contributed by atoms with Crippen LogP contribution >= 0.6 is 27.3 Å². The number of amides is 1. The van der Waals surface area contributed by atoms with Gasteiger partial charge in [0.2, 0.25) is 0 Å². The molecule has 0 saturated carbocycles. The average Bonchev–Trinajstić information content (AvgIpc) is 2.85. The lowest BCUT2D eigenvalue weighted by Crippen LogP contribution is -2.36. The molecule has 1 amide bonds. The first-order chi connectivity index (χ1) is 7.18. The zero-order chi connectivity index (χ0) is 10.8. The Morgan fingerprint density at radius 1 is 1.67 bits per heavy atom. The maximum absolute atomic E-state index is 12.0.